The van der Waals surface area contributed by atoms with Crippen LogP contribution in [-0.2, 0) is 4.79 Å². The highest BCUT2D eigenvalue weighted by Gasteiger charge is 2.19. The van der Waals surface area contributed by atoms with E-state index in [0.29, 0.717) is 0 Å². The highest BCUT2D eigenvalue weighted by Crippen LogP contribution is 2.18. The second-order valence-electron chi connectivity index (χ2n) is 2.24. The van der Waals surface area contributed by atoms with Crippen molar-refractivity contribution in [2.45, 2.75) is 0 Å². The molecule has 0 saturated carbocycles. The van der Waals surface area contributed by atoms with Gasteiger partial charge < -0.3 is 5.11 Å². The molecule has 1 aromatic rings. The lowest BCUT2D eigenvalue weighted by Gasteiger charge is -1.98. The quantitative estimate of drug-likeness (QED) is 0.587. The minimum atomic E-state index is -1.71. The molecule has 1 aromatic carbocycles. The van der Waals surface area contributed by atoms with E-state index in [2.05, 4.69) is 0 Å². The number of ketones is 1. The minimum absolute atomic E-state index is 0.271. The molecule has 5 heteroatoms. The van der Waals surface area contributed by atoms with Crippen molar-refractivity contribution in [2.24, 2.45) is 0 Å². The maximum absolute atomic E-state index is 13.0. The van der Waals surface area contributed by atoms with Crippen molar-refractivity contribution in [3.63, 3.8) is 0 Å². The van der Waals surface area contributed by atoms with Gasteiger partial charge in [0, 0.05) is 0 Å². The largest absolute Gasteiger partial charge is 0.475 e. The number of Topliss-reactive ketones (excluding diaryl/α,β-unsaturated/α-hetero) is 1. The number of carboxylic acids is 1. The maximum atomic E-state index is 13.0. The fourth-order valence-corrected chi connectivity index (χ4v) is 0.969. The third kappa shape index (κ3) is 1.84. The minimum Gasteiger partial charge on any atom is -0.475 e. The fraction of sp³-hybridized carbons (Fsp3) is 0. The molecule has 1 N–H and O–H groups in total. The molecule has 0 aliphatic heterocycles. The molecule has 0 heterocycles. The molecule has 0 saturated heterocycles. The average Bonchev–Trinajstić information content (AvgIpc) is 2.08. The van der Waals surface area contributed by atoms with Gasteiger partial charge in [-0.15, -0.1) is 0 Å². The highest BCUT2D eigenvalue weighted by molar-refractivity contribution is 6.40. The standard InChI is InChI=1S/C8H4ClFO3/c9-5-3-1-2-4(6(5)10)7(11)8(12)13/h1-3H,(H,12,13). The van der Waals surface area contributed by atoms with Crippen molar-refractivity contribution < 1.29 is 19.1 Å². The van der Waals surface area contributed by atoms with Gasteiger partial charge in [-0.05, 0) is 12.1 Å². The van der Waals surface area contributed by atoms with Crippen molar-refractivity contribution in [1.29, 1.82) is 0 Å². The smallest absolute Gasteiger partial charge is 0.377 e. The summed E-state index contributed by atoms with van der Waals surface area (Å²) in [4.78, 5) is 21.0. The molecule has 0 aliphatic carbocycles. The summed E-state index contributed by atoms with van der Waals surface area (Å²) in [5.41, 5.74) is -0.528. The van der Waals surface area contributed by atoms with Crippen LogP contribution in [-0.4, -0.2) is 16.9 Å². The van der Waals surface area contributed by atoms with Gasteiger partial charge in [-0.25, -0.2) is 9.18 Å². The van der Waals surface area contributed by atoms with Crippen LogP contribution in [0.2, 0.25) is 5.02 Å². The van der Waals surface area contributed by atoms with Crippen molar-refractivity contribution in [1.82, 2.24) is 0 Å². The molecule has 0 bridgehead atoms. The Morgan fingerprint density at radius 3 is 2.54 bits per heavy atom. The lowest BCUT2D eigenvalue weighted by atomic mass is 10.1. The number of carboxylic acid groups (broad SMARTS) is 1. The molecule has 0 unspecified atom stereocenters. The Bertz CT molecular complexity index is 376. The van der Waals surface area contributed by atoms with Crippen LogP contribution in [0.3, 0.4) is 0 Å². The van der Waals surface area contributed by atoms with Crippen molar-refractivity contribution >= 4 is 23.4 Å². The Balaban J connectivity index is 3.23. The van der Waals surface area contributed by atoms with Crippen LogP contribution in [0.25, 0.3) is 0 Å². The normalized spacial score (nSPS) is 9.69. The number of carbonyl (C=O) groups excluding carboxylic acids is 1. The SMILES string of the molecule is O=C(O)C(=O)c1cccc(Cl)c1F. The average molecular weight is 203 g/mol. The first-order chi connectivity index (χ1) is 6.04. The third-order valence-electron chi connectivity index (χ3n) is 1.39. The molecule has 1 rings (SSSR count). The van der Waals surface area contributed by atoms with Gasteiger partial charge in [0.25, 0.3) is 5.78 Å². The second-order valence-corrected chi connectivity index (χ2v) is 2.64. The topological polar surface area (TPSA) is 54.4 Å². The highest BCUT2D eigenvalue weighted by atomic mass is 35.5. The Morgan fingerprint density at radius 1 is 1.38 bits per heavy atom. The molecular formula is C8H4ClFO3. The first kappa shape index (κ1) is 9.67. The summed E-state index contributed by atoms with van der Waals surface area (Å²) in [5.74, 6) is -4.02. The summed E-state index contributed by atoms with van der Waals surface area (Å²) >= 11 is 5.34. The van der Waals surface area contributed by atoms with E-state index in [9.17, 15) is 14.0 Å². The van der Waals surface area contributed by atoms with Crippen LogP contribution < -0.4 is 0 Å². The van der Waals surface area contributed by atoms with Crippen molar-refractivity contribution in [3.05, 3.63) is 34.6 Å². The van der Waals surface area contributed by atoms with Crippen molar-refractivity contribution in [3.8, 4) is 0 Å². The van der Waals surface area contributed by atoms with E-state index in [1.807, 2.05) is 0 Å². The van der Waals surface area contributed by atoms with Gasteiger partial charge in [0.2, 0.25) is 0 Å². The Morgan fingerprint density at radius 2 is 2.00 bits per heavy atom. The van der Waals surface area contributed by atoms with Gasteiger partial charge in [-0.1, -0.05) is 17.7 Å². The molecule has 3 nitrogen and oxygen atoms in total. The van der Waals surface area contributed by atoms with E-state index < -0.39 is 23.1 Å². The predicted molar refractivity (Wildman–Crippen MR) is 43.4 cm³/mol. The molecule has 0 radical (unpaired) electrons. The van der Waals surface area contributed by atoms with Gasteiger partial charge in [-0.3, -0.25) is 4.79 Å². The molecule has 0 spiro atoms. The summed E-state index contributed by atoms with van der Waals surface area (Å²) < 4.78 is 13.0. The molecule has 13 heavy (non-hydrogen) atoms. The number of benzene rings is 1. The fourth-order valence-electron chi connectivity index (χ4n) is 0.794. The summed E-state index contributed by atoms with van der Waals surface area (Å²) in [6, 6.07) is 3.61. The van der Waals surface area contributed by atoms with Crippen molar-refractivity contribution in [2.75, 3.05) is 0 Å². The Labute approximate surface area is 77.7 Å². The van der Waals surface area contributed by atoms with E-state index in [1.165, 1.54) is 12.1 Å². The summed E-state index contributed by atoms with van der Waals surface area (Å²) in [5, 5.41) is 8.02. The number of rotatable bonds is 2. The third-order valence-corrected chi connectivity index (χ3v) is 1.68. The van der Waals surface area contributed by atoms with Gasteiger partial charge in [0.05, 0.1) is 10.6 Å². The molecule has 0 fully saturated rings. The molecule has 0 atom stereocenters. The number of halogens is 2. The van der Waals surface area contributed by atoms with Crippen LogP contribution >= 0.6 is 11.6 Å². The number of hydrogen-bond donors (Lipinski definition) is 1. The van der Waals surface area contributed by atoms with Gasteiger partial charge in [0.1, 0.15) is 0 Å². The number of carbonyl (C=O) groups is 2. The molecule has 0 amide bonds. The Kier molecular flexibility index (Phi) is 2.63. The Hall–Kier alpha value is -1.42. The lowest BCUT2D eigenvalue weighted by Crippen LogP contribution is -2.14. The van der Waals surface area contributed by atoms with E-state index in [0.717, 1.165) is 6.07 Å². The van der Waals surface area contributed by atoms with Crippen LogP contribution in [0.4, 0.5) is 4.39 Å². The molecule has 0 aliphatic rings. The predicted octanol–water partition coefficient (Wildman–Crippen LogP) is 1.75. The summed E-state index contributed by atoms with van der Waals surface area (Å²) in [6.45, 7) is 0. The monoisotopic (exact) mass is 202 g/mol. The number of aliphatic carboxylic acids is 1. The first-order valence-corrected chi connectivity index (χ1v) is 3.63. The zero-order valence-corrected chi connectivity index (χ0v) is 7.01. The molecular weight excluding hydrogens is 199 g/mol. The van der Waals surface area contributed by atoms with E-state index >= 15 is 0 Å². The van der Waals surface area contributed by atoms with E-state index in [-0.39, 0.29) is 5.02 Å². The van der Waals surface area contributed by atoms with Crippen LogP contribution in [0.15, 0.2) is 18.2 Å². The van der Waals surface area contributed by atoms with Crippen LogP contribution in [0.1, 0.15) is 10.4 Å². The van der Waals surface area contributed by atoms with Gasteiger partial charge in [0.15, 0.2) is 5.82 Å². The second kappa shape index (κ2) is 3.53. The maximum Gasteiger partial charge on any atom is 0.377 e. The van der Waals surface area contributed by atoms with Gasteiger partial charge in [-0.2, -0.15) is 0 Å². The van der Waals surface area contributed by atoms with Crippen LogP contribution in [0.5, 0.6) is 0 Å². The van der Waals surface area contributed by atoms with E-state index in [4.69, 9.17) is 16.7 Å². The van der Waals surface area contributed by atoms with E-state index in [1.54, 1.807) is 0 Å². The summed E-state index contributed by atoms with van der Waals surface area (Å²) in [6.07, 6.45) is 0. The van der Waals surface area contributed by atoms with Gasteiger partial charge >= 0.3 is 5.97 Å². The lowest BCUT2D eigenvalue weighted by molar-refractivity contribution is -0.131. The first-order valence-electron chi connectivity index (χ1n) is 3.25. The molecule has 0 aromatic heterocycles. The number of hydrogen-bond acceptors (Lipinski definition) is 2. The zero-order valence-electron chi connectivity index (χ0n) is 6.25. The molecule has 68 valence electrons. The summed E-state index contributed by atoms with van der Waals surface area (Å²) in [7, 11) is 0. The zero-order chi connectivity index (χ0) is 10.0. The van der Waals surface area contributed by atoms with Crippen LogP contribution in [0, 0.1) is 5.82 Å².